The van der Waals surface area contributed by atoms with E-state index in [1.54, 1.807) is 12.1 Å². The maximum atomic E-state index is 12.0. The van der Waals surface area contributed by atoms with Gasteiger partial charge < -0.3 is 5.73 Å². The highest BCUT2D eigenvalue weighted by atomic mass is 32.2. The van der Waals surface area contributed by atoms with E-state index in [-0.39, 0.29) is 10.6 Å². The van der Waals surface area contributed by atoms with Crippen LogP contribution in [0.4, 0.5) is 5.69 Å². The summed E-state index contributed by atoms with van der Waals surface area (Å²) in [6, 6.07) is 4.70. The van der Waals surface area contributed by atoms with Crippen LogP contribution in [0.5, 0.6) is 0 Å². The van der Waals surface area contributed by atoms with E-state index < -0.39 is 23.1 Å². The Hall–Kier alpha value is -2.16. The summed E-state index contributed by atoms with van der Waals surface area (Å²) >= 11 is 0. The van der Waals surface area contributed by atoms with Gasteiger partial charge in [-0.2, -0.15) is 14.8 Å². The van der Waals surface area contributed by atoms with Gasteiger partial charge in [0.25, 0.3) is 0 Å². The zero-order chi connectivity index (χ0) is 12.9. The van der Waals surface area contributed by atoms with Crippen LogP contribution in [-0.2, 0) is 10.0 Å². The third kappa shape index (κ3) is 2.69. The number of hydrogen-bond donors (Lipinski definition) is 1. The fourth-order valence-electron chi connectivity index (χ4n) is 1.13. The molecule has 0 atom stereocenters. The highest BCUT2D eigenvalue weighted by molar-refractivity contribution is 7.89. The second-order valence-electron chi connectivity index (χ2n) is 3.00. The molecule has 0 aliphatic heterocycles. The summed E-state index contributed by atoms with van der Waals surface area (Å²) < 4.78 is 24.8. The Morgan fingerprint density at radius 1 is 1.35 bits per heavy atom. The van der Waals surface area contributed by atoms with E-state index in [2.05, 4.69) is 4.98 Å². The lowest BCUT2D eigenvalue weighted by Gasteiger charge is -2.16. The zero-order valence-corrected chi connectivity index (χ0v) is 9.55. The summed E-state index contributed by atoms with van der Waals surface area (Å²) in [6.07, 6.45) is 2.44. The van der Waals surface area contributed by atoms with E-state index in [4.69, 9.17) is 16.3 Å². The summed E-state index contributed by atoms with van der Waals surface area (Å²) in [5, 5.41) is 17.1. The minimum Gasteiger partial charge on any atom is -0.398 e. The first kappa shape index (κ1) is 12.9. The molecule has 1 aromatic heterocycles. The molecule has 0 saturated heterocycles. The molecule has 1 heterocycles. The van der Waals surface area contributed by atoms with Gasteiger partial charge in [-0.3, -0.25) is 4.98 Å². The topological polar surface area (TPSA) is 124 Å². The first-order chi connectivity index (χ1) is 8.04. The van der Waals surface area contributed by atoms with Crippen LogP contribution in [-0.4, -0.2) is 30.8 Å². The van der Waals surface area contributed by atoms with Crippen molar-refractivity contribution in [2.45, 2.75) is 4.90 Å². The molecule has 0 radical (unpaired) electrons. The van der Waals surface area contributed by atoms with E-state index in [9.17, 15) is 8.42 Å². The van der Waals surface area contributed by atoms with E-state index >= 15 is 0 Å². The Morgan fingerprint density at radius 3 is 2.41 bits per heavy atom. The number of anilines is 1. The highest BCUT2D eigenvalue weighted by Gasteiger charge is 2.26. The monoisotopic (exact) mass is 251 g/mol. The molecule has 1 rings (SSSR count). The second-order valence-corrected chi connectivity index (χ2v) is 4.91. The molecule has 0 amide bonds. The van der Waals surface area contributed by atoms with Gasteiger partial charge in [-0.25, -0.2) is 8.42 Å². The molecule has 0 aliphatic carbocycles. The van der Waals surface area contributed by atoms with Crippen LogP contribution >= 0.6 is 0 Å². The Kier molecular flexibility index (Phi) is 3.99. The summed E-state index contributed by atoms with van der Waals surface area (Å²) in [7, 11) is -3.96. The predicted octanol–water partition coefficient (Wildman–Crippen LogP) is -0.298. The van der Waals surface area contributed by atoms with Gasteiger partial charge in [0.15, 0.2) is 0 Å². The van der Waals surface area contributed by atoms with Gasteiger partial charge in [-0.05, 0) is 6.07 Å². The van der Waals surface area contributed by atoms with Crippen molar-refractivity contribution in [1.82, 2.24) is 9.29 Å². The number of nitriles is 2. The molecule has 0 bridgehead atoms. The van der Waals surface area contributed by atoms with Gasteiger partial charge in [0.1, 0.15) is 18.0 Å². The fraction of sp³-hybridized carbons (Fsp3) is 0.222. The summed E-state index contributed by atoms with van der Waals surface area (Å²) in [5.41, 5.74) is 5.55. The molecule has 7 nitrogen and oxygen atoms in total. The van der Waals surface area contributed by atoms with E-state index in [1.807, 2.05) is 0 Å². The number of pyridine rings is 1. The Morgan fingerprint density at radius 2 is 1.94 bits per heavy atom. The summed E-state index contributed by atoms with van der Waals surface area (Å²) in [6.45, 7) is -0.825. The number of hydrogen-bond acceptors (Lipinski definition) is 6. The van der Waals surface area contributed by atoms with Gasteiger partial charge in [0.2, 0.25) is 10.0 Å². The van der Waals surface area contributed by atoms with Crippen LogP contribution in [0.15, 0.2) is 23.4 Å². The van der Waals surface area contributed by atoms with Crippen molar-refractivity contribution in [3.05, 3.63) is 18.5 Å². The summed E-state index contributed by atoms with van der Waals surface area (Å²) in [5.74, 6) is 0. The lowest BCUT2D eigenvalue weighted by atomic mass is 10.4. The Labute approximate surface area is 98.8 Å². The molecule has 0 fully saturated rings. The molecule has 0 aliphatic rings. The lowest BCUT2D eigenvalue weighted by molar-refractivity contribution is 0.479. The molecule has 0 aromatic carbocycles. The van der Waals surface area contributed by atoms with Crippen LogP contribution in [0.25, 0.3) is 0 Å². The smallest absolute Gasteiger partial charge is 0.248 e. The molecule has 17 heavy (non-hydrogen) atoms. The number of sulfonamides is 1. The van der Waals surface area contributed by atoms with Gasteiger partial charge in [0.05, 0.1) is 17.8 Å². The van der Waals surface area contributed by atoms with E-state index in [0.717, 1.165) is 10.5 Å². The maximum Gasteiger partial charge on any atom is 0.248 e. The SMILES string of the molecule is N#CCN(CC#N)S(=O)(=O)c1cnccc1N. The first-order valence-corrected chi connectivity index (χ1v) is 5.91. The van der Waals surface area contributed by atoms with Crippen LogP contribution in [0.1, 0.15) is 0 Å². The molecule has 2 N–H and O–H groups in total. The number of nitrogens with zero attached hydrogens (tertiary/aromatic N) is 4. The second kappa shape index (κ2) is 5.25. The maximum absolute atomic E-state index is 12.0. The van der Waals surface area contributed by atoms with Crippen molar-refractivity contribution in [3.8, 4) is 12.1 Å². The van der Waals surface area contributed by atoms with Crippen LogP contribution in [0.3, 0.4) is 0 Å². The average Bonchev–Trinajstić information content (AvgIpc) is 2.29. The van der Waals surface area contributed by atoms with Crippen molar-refractivity contribution in [1.29, 1.82) is 10.5 Å². The van der Waals surface area contributed by atoms with Crippen molar-refractivity contribution >= 4 is 15.7 Å². The van der Waals surface area contributed by atoms with Crippen molar-refractivity contribution in [2.75, 3.05) is 18.8 Å². The lowest BCUT2D eigenvalue weighted by Crippen LogP contribution is -2.32. The molecule has 0 saturated carbocycles. The van der Waals surface area contributed by atoms with Crippen molar-refractivity contribution < 1.29 is 8.42 Å². The normalized spacial score (nSPS) is 10.8. The first-order valence-electron chi connectivity index (χ1n) is 4.47. The third-order valence-corrected chi connectivity index (χ3v) is 3.76. The van der Waals surface area contributed by atoms with Gasteiger partial charge in [-0.15, -0.1) is 0 Å². The minimum absolute atomic E-state index is 0.0286. The zero-order valence-electron chi connectivity index (χ0n) is 8.74. The van der Waals surface area contributed by atoms with Crippen LogP contribution < -0.4 is 5.73 Å². The molecular formula is C9H9N5O2S. The molecule has 8 heteroatoms. The van der Waals surface area contributed by atoms with Crippen molar-refractivity contribution in [3.63, 3.8) is 0 Å². The van der Waals surface area contributed by atoms with Crippen molar-refractivity contribution in [2.24, 2.45) is 0 Å². The fourth-order valence-corrected chi connectivity index (χ4v) is 2.42. The Bertz CT molecular complexity index is 568. The quantitative estimate of drug-likeness (QED) is 0.732. The number of nitrogens with two attached hydrogens (primary N) is 1. The molecule has 0 unspecified atom stereocenters. The predicted molar refractivity (Wildman–Crippen MR) is 58.6 cm³/mol. The largest absolute Gasteiger partial charge is 0.398 e. The van der Waals surface area contributed by atoms with Gasteiger partial charge in [0, 0.05) is 12.4 Å². The van der Waals surface area contributed by atoms with Gasteiger partial charge in [-0.1, -0.05) is 0 Å². The third-order valence-electron chi connectivity index (χ3n) is 1.93. The average molecular weight is 251 g/mol. The number of nitrogen functional groups attached to an aromatic ring is 1. The standard InChI is InChI=1S/C9H9N5O2S/c10-2-5-14(6-3-11)17(15,16)9-7-13-4-1-8(9)12/h1,4,7H,5-6H2,(H2,12,13). The summed E-state index contributed by atoms with van der Waals surface area (Å²) in [4.78, 5) is 3.46. The number of aromatic nitrogens is 1. The molecule has 88 valence electrons. The Balaban J connectivity index is 3.23. The van der Waals surface area contributed by atoms with Crippen LogP contribution in [0, 0.1) is 22.7 Å². The molecule has 1 aromatic rings. The molecule has 0 spiro atoms. The number of rotatable bonds is 4. The minimum atomic E-state index is -3.96. The van der Waals surface area contributed by atoms with Crippen LogP contribution in [0.2, 0.25) is 0 Å². The molecular weight excluding hydrogens is 242 g/mol. The van der Waals surface area contributed by atoms with Gasteiger partial charge >= 0.3 is 0 Å². The van der Waals surface area contributed by atoms with E-state index in [0.29, 0.717) is 0 Å². The highest BCUT2D eigenvalue weighted by Crippen LogP contribution is 2.20. The van der Waals surface area contributed by atoms with E-state index in [1.165, 1.54) is 12.3 Å².